The molecule has 6 heteroatoms. The van der Waals surface area contributed by atoms with Crippen LogP contribution in [0.15, 0.2) is 47.3 Å². The van der Waals surface area contributed by atoms with Crippen LogP contribution in [0.3, 0.4) is 0 Å². The van der Waals surface area contributed by atoms with Crippen molar-refractivity contribution in [1.82, 2.24) is 15.4 Å². The van der Waals surface area contributed by atoms with Crippen LogP contribution in [-0.2, 0) is 6.54 Å². The molecule has 1 heterocycles. The molecule has 0 saturated heterocycles. The van der Waals surface area contributed by atoms with Gasteiger partial charge in [-0.05, 0) is 11.0 Å². The lowest BCUT2D eigenvalue weighted by Crippen LogP contribution is -2.04. The maximum Gasteiger partial charge on any atom is 0.169 e. The van der Waals surface area contributed by atoms with Crippen molar-refractivity contribution in [2.75, 3.05) is 5.32 Å². The fourth-order valence-corrected chi connectivity index (χ4v) is 2.15. The van der Waals surface area contributed by atoms with Crippen LogP contribution in [0.25, 0.3) is 0 Å². The number of H-pyrrole nitrogens is 1. The monoisotopic (exact) mass is 276 g/mol. The summed E-state index contributed by atoms with van der Waals surface area (Å²) < 4.78 is 0.606. The lowest BCUT2D eigenvalue weighted by molar-refractivity contribution is 0.799. The first kappa shape index (κ1) is 12.8. The van der Waals surface area contributed by atoms with Crippen molar-refractivity contribution in [3.8, 4) is 0 Å². The van der Waals surface area contributed by atoms with E-state index in [1.807, 2.05) is 30.3 Å². The summed E-state index contributed by atoms with van der Waals surface area (Å²) in [6, 6.07) is 10.1. The molecule has 2 N–H and O–H groups in total. The van der Waals surface area contributed by atoms with Crippen molar-refractivity contribution in [3.05, 3.63) is 52.4 Å². The molecule has 0 spiro atoms. The first-order chi connectivity index (χ1) is 8.81. The van der Waals surface area contributed by atoms with Gasteiger partial charge in [0.25, 0.3) is 0 Å². The molecule has 2 rings (SSSR count). The molecule has 4 nitrogen and oxygen atoms in total. The lowest BCUT2D eigenvalue weighted by Gasteiger charge is -2.06. The summed E-state index contributed by atoms with van der Waals surface area (Å²) in [5.41, 5.74) is 1.17. The summed E-state index contributed by atoms with van der Waals surface area (Å²) in [7, 11) is 0. The summed E-state index contributed by atoms with van der Waals surface area (Å²) in [6.07, 6.45) is 0. The summed E-state index contributed by atoms with van der Waals surface area (Å²) in [4.78, 5) is 0. The van der Waals surface area contributed by atoms with Crippen LogP contribution in [-0.4, -0.2) is 15.4 Å². The van der Waals surface area contributed by atoms with Crippen LogP contribution >= 0.6 is 24.0 Å². The molecule has 0 fully saturated rings. The van der Waals surface area contributed by atoms with Crippen LogP contribution in [0.2, 0.25) is 0 Å². The zero-order chi connectivity index (χ0) is 12.8. The summed E-state index contributed by atoms with van der Waals surface area (Å²) in [5, 5.41) is 16.2. The van der Waals surface area contributed by atoms with E-state index in [-0.39, 0.29) is 0 Å². The third kappa shape index (κ3) is 3.18. The zero-order valence-corrected chi connectivity index (χ0v) is 11.2. The first-order valence-electron chi connectivity index (χ1n) is 5.31. The zero-order valence-electron chi connectivity index (χ0n) is 9.59. The maximum absolute atomic E-state index is 5.30. The van der Waals surface area contributed by atoms with Gasteiger partial charge >= 0.3 is 0 Å². The molecule has 2 aromatic rings. The topological polar surface area (TPSA) is 53.6 Å². The highest BCUT2D eigenvalue weighted by atomic mass is 32.2. The molecule has 0 radical (unpaired) electrons. The van der Waals surface area contributed by atoms with Crippen molar-refractivity contribution in [2.24, 2.45) is 0 Å². The molecule has 0 aliphatic heterocycles. The first-order valence-corrected chi connectivity index (χ1v) is 6.60. The molecule has 1 aromatic carbocycles. The Morgan fingerprint density at radius 1 is 1.33 bits per heavy atom. The second-order valence-electron chi connectivity index (χ2n) is 3.43. The molecule has 0 amide bonds. The highest BCUT2D eigenvalue weighted by Gasteiger charge is 2.04. The van der Waals surface area contributed by atoms with E-state index in [1.54, 1.807) is 5.41 Å². The number of aromatic amines is 1. The SMILES string of the molecule is C=CSc1n[nH]nc(NCc2ccccc2)c1=S. The Bertz CT molecular complexity index is 580. The highest BCUT2D eigenvalue weighted by molar-refractivity contribution is 8.02. The van der Waals surface area contributed by atoms with Gasteiger partial charge in [0.1, 0.15) is 9.54 Å². The molecular weight excluding hydrogens is 264 g/mol. The molecule has 0 aliphatic carbocycles. The highest BCUT2D eigenvalue weighted by Crippen LogP contribution is 2.20. The van der Waals surface area contributed by atoms with Crippen molar-refractivity contribution < 1.29 is 0 Å². The number of hydrogen-bond acceptors (Lipinski definition) is 5. The van der Waals surface area contributed by atoms with Gasteiger partial charge in [0.05, 0.1) is 0 Å². The van der Waals surface area contributed by atoms with Crippen LogP contribution in [0.5, 0.6) is 0 Å². The van der Waals surface area contributed by atoms with Gasteiger partial charge in [-0.15, -0.1) is 10.2 Å². The van der Waals surface area contributed by atoms with Crippen molar-refractivity contribution >= 4 is 29.8 Å². The Hall–Kier alpha value is -1.66. The van der Waals surface area contributed by atoms with Gasteiger partial charge in [0, 0.05) is 6.54 Å². The molecular formula is C12H12N4S2. The average molecular weight is 276 g/mol. The number of anilines is 1. The number of rotatable bonds is 5. The minimum atomic E-state index is 0.606. The lowest BCUT2D eigenvalue weighted by atomic mass is 10.2. The van der Waals surface area contributed by atoms with Gasteiger partial charge in [-0.2, -0.15) is 5.21 Å². The molecule has 18 heavy (non-hydrogen) atoms. The number of nitrogens with zero attached hydrogens (tertiary/aromatic N) is 2. The second kappa shape index (κ2) is 6.32. The summed E-state index contributed by atoms with van der Waals surface area (Å²) in [6.45, 7) is 4.32. The van der Waals surface area contributed by atoms with E-state index < -0.39 is 0 Å². The normalized spacial score (nSPS) is 10.0. The Morgan fingerprint density at radius 2 is 2.11 bits per heavy atom. The van der Waals surface area contributed by atoms with Gasteiger partial charge < -0.3 is 5.32 Å². The molecule has 0 atom stereocenters. The summed E-state index contributed by atoms with van der Waals surface area (Å²) in [5.74, 6) is 0.633. The van der Waals surface area contributed by atoms with Crippen molar-refractivity contribution in [1.29, 1.82) is 0 Å². The third-order valence-corrected chi connectivity index (χ3v) is 3.42. The van der Waals surface area contributed by atoms with E-state index in [1.165, 1.54) is 17.3 Å². The molecule has 0 bridgehead atoms. The number of nitrogens with one attached hydrogen (secondary N) is 2. The average Bonchev–Trinajstić information content (AvgIpc) is 2.41. The number of hydrogen-bond donors (Lipinski definition) is 2. The van der Waals surface area contributed by atoms with Crippen LogP contribution < -0.4 is 5.32 Å². The summed E-state index contributed by atoms with van der Waals surface area (Å²) >= 11 is 6.67. The Labute approximate surface area is 115 Å². The molecule has 1 aromatic heterocycles. The minimum absolute atomic E-state index is 0.606. The quantitative estimate of drug-likeness (QED) is 0.647. The smallest absolute Gasteiger partial charge is 0.169 e. The maximum atomic E-state index is 5.30. The predicted octanol–water partition coefficient (Wildman–Crippen LogP) is 3.38. The molecule has 92 valence electrons. The van der Waals surface area contributed by atoms with E-state index in [9.17, 15) is 0 Å². The largest absolute Gasteiger partial charge is 0.363 e. The fourth-order valence-electron chi connectivity index (χ4n) is 1.38. The second-order valence-corrected chi connectivity index (χ2v) is 4.79. The number of benzene rings is 1. The Balaban J connectivity index is 2.12. The van der Waals surface area contributed by atoms with Gasteiger partial charge in [0.15, 0.2) is 5.82 Å². The van der Waals surface area contributed by atoms with Gasteiger partial charge in [-0.3, -0.25) is 0 Å². The fraction of sp³-hybridized carbons (Fsp3) is 0.0833. The molecule has 0 unspecified atom stereocenters. The van der Waals surface area contributed by atoms with E-state index >= 15 is 0 Å². The van der Waals surface area contributed by atoms with Gasteiger partial charge in [0.2, 0.25) is 0 Å². The van der Waals surface area contributed by atoms with Crippen molar-refractivity contribution in [3.63, 3.8) is 0 Å². The van der Waals surface area contributed by atoms with E-state index in [0.717, 1.165) is 0 Å². The van der Waals surface area contributed by atoms with E-state index in [4.69, 9.17) is 12.2 Å². The van der Waals surface area contributed by atoms with E-state index in [0.29, 0.717) is 21.9 Å². The third-order valence-electron chi connectivity index (χ3n) is 2.22. The standard InChI is InChI=1S/C12H12N4S2/c1-2-18-12-10(17)11(14-16-15-12)13-8-9-6-4-3-5-7-9/h2-7H,1,8H2,(H,16,17)(H,13,14,15). The van der Waals surface area contributed by atoms with Crippen LogP contribution in [0, 0.1) is 4.51 Å². The Morgan fingerprint density at radius 3 is 2.83 bits per heavy atom. The molecule has 0 saturated carbocycles. The number of thioether (sulfide) groups is 1. The van der Waals surface area contributed by atoms with E-state index in [2.05, 4.69) is 27.3 Å². The van der Waals surface area contributed by atoms with Gasteiger partial charge in [-0.1, -0.05) is 60.9 Å². The predicted molar refractivity (Wildman–Crippen MR) is 77.0 cm³/mol. The van der Waals surface area contributed by atoms with Crippen LogP contribution in [0.4, 0.5) is 5.82 Å². The molecule has 0 aliphatic rings. The van der Waals surface area contributed by atoms with Crippen molar-refractivity contribution in [2.45, 2.75) is 11.6 Å². The van der Waals surface area contributed by atoms with Crippen LogP contribution in [0.1, 0.15) is 5.56 Å². The van der Waals surface area contributed by atoms with Gasteiger partial charge in [-0.25, -0.2) is 0 Å². The minimum Gasteiger partial charge on any atom is -0.363 e. The Kier molecular flexibility index (Phi) is 4.49. The number of aromatic nitrogens is 3.